The quantitative estimate of drug-likeness (QED) is 0.394. The lowest BCUT2D eigenvalue weighted by atomic mass is 10.1. The molecule has 0 bridgehead atoms. The molecule has 0 unspecified atom stereocenters. The summed E-state index contributed by atoms with van der Waals surface area (Å²) in [5, 5.41) is 6.62. The smallest absolute Gasteiger partial charge is 0.191 e. The Labute approximate surface area is 162 Å². The highest BCUT2D eigenvalue weighted by Gasteiger charge is 2.04. The van der Waals surface area contributed by atoms with E-state index >= 15 is 0 Å². The fraction of sp³-hybridized carbons (Fsp3) is 0.381. The summed E-state index contributed by atoms with van der Waals surface area (Å²) in [6, 6.07) is 18.0. The maximum atomic E-state index is 11.3. The summed E-state index contributed by atoms with van der Waals surface area (Å²) in [4.78, 5) is 4.61. The second-order valence-corrected chi connectivity index (χ2v) is 8.74. The molecule has 0 aromatic heterocycles. The van der Waals surface area contributed by atoms with Crippen molar-refractivity contribution in [3.63, 3.8) is 0 Å². The number of hydrogen-bond donors (Lipinski definition) is 2. The summed E-state index contributed by atoms with van der Waals surface area (Å²) in [7, 11) is -3.00. The molecular weight excluding hydrogens is 358 g/mol. The predicted molar refractivity (Wildman–Crippen MR) is 113 cm³/mol. The highest BCUT2D eigenvalue weighted by molar-refractivity contribution is 7.89. The van der Waals surface area contributed by atoms with Crippen LogP contribution in [-0.2, 0) is 28.6 Å². The van der Waals surface area contributed by atoms with Crippen LogP contribution in [0.25, 0.3) is 0 Å². The van der Waals surface area contributed by atoms with E-state index in [1.165, 1.54) is 11.8 Å². The van der Waals surface area contributed by atoms with Gasteiger partial charge < -0.3 is 10.6 Å². The molecule has 0 aliphatic rings. The molecule has 146 valence electrons. The van der Waals surface area contributed by atoms with Crippen LogP contribution in [0.3, 0.4) is 0 Å². The first kappa shape index (κ1) is 21.0. The lowest BCUT2D eigenvalue weighted by Crippen LogP contribution is -2.37. The Morgan fingerprint density at radius 2 is 1.59 bits per heavy atom. The number of benzene rings is 2. The van der Waals surface area contributed by atoms with Crippen LogP contribution in [0.15, 0.2) is 59.6 Å². The molecule has 2 N–H and O–H groups in total. The van der Waals surface area contributed by atoms with E-state index < -0.39 is 9.84 Å². The molecule has 0 saturated heterocycles. The molecule has 0 radical (unpaired) electrons. The molecule has 5 nitrogen and oxygen atoms in total. The largest absolute Gasteiger partial charge is 0.357 e. The zero-order valence-electron chi connectivity index (χ0n) is 16.1. The van der Waals surface area contributed by atoms with Gasteiger partial charge in [-0.15, -0.1) is 0 Å². The van der Waals surface area contributed by atoms with Crippen molar-refractivity contribution in [3.8, 4) is 0 Å². The predicted octanol–water partition coefficient (Wildman–Crippen LogP) is 2.92. The Morgan fingerprint density at radius 3 is 2.22 bits per heavy atom. The zero-order valence-corrected chi connectivity index (χ0v) is 16.9. The summed E-state index contributed by atoms with van der Waals surface area (Å²) in [5.41, 5.74) is 3.19. The second-order valence-electron chi connectivity index (χ2n) is 6.60. The molecule has 2 rings (SSSR count). The van der Waals surface area contributed by atoms with Gasteiger partial charge >= 0.3 is 0 Å². The normalized spacial score (nSPS) is 12.0. The fourth-order valence-electron chi connectivity index (χ4n) is 2.70. The van der Waals surface area contributed by atoms with Crippen molar-refractivity contribution in [2.45, 2.75) is 32.1 Å². The van der Waals surface area contributed by atoms with E-state index in [9.17, 15) is 8.42 Å². The van der Waals surface area contributed by atoms with Gasteiger partial charge in [0, 0.05) is 19.3 Å². The standard InChI is InChI=1S/C21H29N3O2S/c1-3-22-21(23-15-7-10-18-8-5-4-6-9-18)24-16-19-11-13-20(14-12-19)17-27(2,25)26/h4-6,8-9,11-14H,3,7,10,15-17H2,1-2H3,(H2,22,23,24). The molecule has 0 heterocycles. The van der Waals surface area contributed by atoms with Gasteiger partial charge in [0.15, 0.2) is 15.8 Å². The topological polar surface area (TPSA) is 70.6 Å². The highest BCUT2D eigenvalue weighted by Crippen LogP contribution is 2.09. The minimum Gasteiger partial charge on any atom is -0.357 e. The van der Waals surface area contributed by atoms with E-state index in [-0.39, 0.29) is 5.75 Å². The summed E-state index contributed by atoms with van der Waals surface area (Å²) in [6.45, 7) is 4.25. The van der Waals surface area contributed by atoms with Crippen molar-refractivity contribution in [1.29, 1.82) is 0 Å². The number of rotatable bonds is 9. The summed E-state index contributed by atoms with van der Waals surface area (Å²) in [5.74, 6) is 0.869. The van der Waals surface area contributed by atoms with E-state index in [0.717, 1.165) is 43.0 Å². The third-order valence-corrected chi connectivity index (χ3v) is 4.85. The second kappa shape index (κ2) is 10.7. The van der Waals surface area contributed by atoms with E-state index in [2.05, 4.69) is 39.9 Å². The van der Waals surface area contributed by atoms with Gasteiger partial charge in [0.25, 0.3) is 0 Å². The molecule has 0 atom stereocenters. The molecule has 6 heteroatoms. The molecule has 0 amide bonds. The zero-order chi connectivity index (χ0) is 19.5. The van der Waals surface area contributed by atoms with E-state index in [4.69, 9.17) is 0 Å². The van der Waals surface area contributed by atoms with Crippen molar-refractivity contribution in [2.75, 3.05) is 19.3 Å². The van der Waals surface area contributed by atoms with Crippen LogP contribution in [-0.4, -0.2) is 33.7 Å². The molecule has 0 aliphatic carbocycles. The molecule has 0 spiro atoms. The number of aryl methyl sites for hydroxylation is 1. The van der Waals surface area contributed by atoms with E-state index in [1.54, 1.807) is 0 Å². The van der Waals surface area contributed by atoms with Gasteiger partial charge in [-0.2, -0.15) is 0 Å². The van der Waals surface area contributed by atoms with Crippen LogP contribution in [0.1, 0.15) is 30.0 Å². The van der Waals surface area contributed by atoms with E-state index in [1.807, 2.05) is 37.3 Å². The third kappa shape index (κ3) is 8.73. The molecule has 2 aromatic carbocycles. The Balaban J connectivity index is 1.83. The molecule has 27 heavy (non-hydrogen) atoms. The lowest BCUT2D eigenvalue weighted by Gasteiger charge is -2.11. The average Bonchev–Trinajstić information content (AvgIpc) is 2.64. The van der Waals surface area contributed by atoms with Crippen molar-refractivity contribution >= 4 is 15.8 Å². The number of guanidine groups is 1. The Morgan fingerprint density at radius 1 is 0.926 bits per heavy atom. The number of sulfone groups is 1. The van der Waals surface area contributed by atoms with E-state index in [0.29, 0.717) is 6.54 Å². The molecule has 0 aliphatic heterocycles. The van der Waals surface area contributed by atoms with Crippen molar-refractivity contribution in [1.82, 2.24) is 10.6 Å². The van der Waals surface area contributed by atoms with Crippen LogP contribution in [0, 0.1) is 0 Å². The van der Waals surface area contributed by atoms with Crippen molar-refractivity contribution < 1.29 is 8.42 Å². The lowest BCUT2D eigenvalue weighted by molar-refractivity contribution is 0.601. The van der Waals surface area contributed by atoms with Gasteiger partial charge in [-0.25, -0.2) is 13.4 Å². The summed E-state index contributed by atoms with van der Waals surface area (Å²) < 4.78 is 22.7. The minimum atomic E-state index is -3.00. The van der Waals surface area contributed by atoms with Crippen LogP contribution >= 0.6 is 0 Å². The number of nitrogens with one attached hydrogen (secondary N) is 2. The monoisotopic (exact) mass is 387 g/mol. The molecule has 0 fully saturated rings. The van der Waals surface area contributed by atoms with Crippen molar-refractivity contribution in [3.05, 3.63) is 71.3 Å². The van der Waals surface area contributed by atoms with Crippen LogP contribution in [0.4, 0.5) is 0 Å². The molecular formula is C21H29N3O2S. The van der Waals surface area contributed by atoms with Gasteiger partial charge in [-0.3, -0.25) is 0 Å². The van der Waals surface area contributed by atoms with Crippen LogP contribution in [0.5, 0.6) is 0 Å². The highest BCUT2D eigenvalue weighted by atomic mass is 32.2. The molecule has 2 aromatic rings. The number of nitrogens with zero attached hydrogens (tertiary/aromatic N) is 1. The van der Waals surface area contributed by atoms with Crippen LogP contribution in [0.2, 0.25) is 0 Å². The Kier molecular flexibility index (Phi) is 8.33. The van der Waals surface area contributed by atoms with Crippen LogP contribution < -0.4 is 10.6 Å². The third-order valence-electron chi connectivity index (χ3n) is 3.99. The number of hydrogen-bond acceptors (Lipinski definition) is 3. The Hall–Kier alpha value is -2.34. The van der Waals surface area contributed by atoms with Gasteiger partial charge in [-0.1, -0.05) is 54.6 Å². The first-order valence-electron chi connectivity index (χ1n) is 9.28. The fourth-order valence-corrected chi connectivity index (χ4v) is 3.50. The Bertz CT molecular complexity index is 816. The van der Waals surface area contributed by atoms with Gasteiger partial charge in [-0.05, 0) is 36.5 Å². The maximum absolute atomic E-state index is 11.3. The molecule has 0 saturated carbocycles. The maximum Gasteiger partial charge on any atom is 0.191 e. The SMILES string of the molecule is CCNC(=NCc1ccc(CS(C)(=O)=O)cc1)NCCCc1ccccc1. The first-order valence-corrected chi connectivity index (χ1v) is 11.3. The minimum absolute atomic E-state index is 0.0716. The average molecular weight is 388 g/mol. The van der Waals surface area contributed by atoms with Crippen molar-refractivity contribution in [2.24, 2.45) is 4.99 Å². The van der Waals surface area contributed by atoms with Gasteiger partial charge in [0.05, 0.1) is 12.3 Å². The number of aliphatic imine (C=N–C) groups is 1. The summed E-state index contributed by atoms with van der Waals surface area (Å²) in [6.07, 6.45) is 3.32. The first-order chi connectivity index (χ1) is 13.0. The van der Waals surface area contributed by atoms with Gasteiger partial charge in [0.1, 0.15) is 0 Å². The van der Waals surface area contributed by atoms with Gasteiger partial charge in [0.2, 0.25) is 0 Å². The summed E-state index contributed by atoms with van der Waals surface area (Å²) >= 11 is 0.